The Morgan fingerprint density at radius 3 is 2.58 bits per heavy atom. The number of carbonyl (C=O) groups is 2. The van der Waals surface area contributed by atoms with Gasteiger partial charge in [0, 0.05) is 0 Å². The molecule has 0 aromatic heterocycles. The Kier molecular flexibility index (Phi) is 2.98. The largest absolute Gasteiger partial charge is 0.300 e. The summed E-state index contributed by atoms with van der Waals surface area (Å²) in [5, 5.41) is 0. The second-order valence-corrected chi connectivity index (χ2v) is 3.48. The molecule has 1 heterocycles. The summed E-state index contributed by atoms with van der Waals surface area (Å²) in [5.74, 6) is 0.0581. The Bertz CT molecular complexity index is 201. The van der Waals surface area contributed by atoms with Crippen molar-refractivity contribution in [2.45, 2.75) is 32.2 Å². The number of likely N-dealkylation sites (N-methyl/N-ethyl adjacent to an activating group) is 1. The Morgan fingerprint density at radius 1 is 1.50 bits per heavy atom. The van der Waals surface area contributed by atoms with Gasteiger partial charge in [-0.2, -0.15) is 0 Å². The van der Waals surface area contributed by atoms with Crippen molar-refractivity contribution in [2.24, 2.45) is 0 Å². The molecule has 0 spiro atoms. The van der Waals surface area contributed by atoms with Crippen LogP contribution in [0.2, 0.25) is 0 Å². The zero-order valence-corrected chi connectivity index (χ0v) is 7.67. The molecule has 68 valence electrons. The van der Waals surface area contributed by atoms with Gasteiger partial charge in [-0.3, -0.25) is 14.5 Å². The van der Waals surface area contributed by atoms with Crippen molar-refractivity contribution in [2.75, 3.05) is 13.6 Å². The van der Waals surface area contributed by atoms with Crippen molar-refractivity contribution in [3.63, 3.8) is 0 Å². The number of nitrogens with zero attached hydrogens (tertiary/aromatic N) is 1. The molecule has 0 aliphatic carbocycles. The van der Waals surface area contributed by atoms with Gasteiger partial charge in [0.1, 0.15) is 5.78 Å². The summed E-state index contributed by atoms with van der Waals surface area (Å²) < 4.78 is 0. The monoisotopic (exact) mass is 169 g/mol. The van der Waals surface area contributed by atoms with Gasteiger partial charge in [-0.25, -0.2) is 0 Å². The minimum absolute atomic E-state index is 0.00824. The van der Waals surface area contributed by atoms with Gasteiger partial charge in [-0.1, -0.05) is 0 Å². The Hall–Kier alpha value is -0.700. The van der Waals surface area contributed by atoms with Crippen LogP contribution in [-0.4, -0.2) is 36.1 Å². The third-order valence-electron chi connectivity index (χ3n) is 2.32. The first-order valence-electron chi connectivity index (χ1n) is 4.33. The van der Waals surface area contributed by atoms with Crippen molar-refractivity contribution < 1.29 is 9.59 Å². The smallest absolute Gasteiger partial charge is 0.157 e. The number of hydrogen-bond donors (Lipinski definition) is 0. The molecule has 3 heteroatoms. The molecule has 1 atom stereocenters. The lowest BCUT2D eigenvalue weighted by atomic mass is 10.1. The van der Waals surface area contributed by atoms with E-state index >= 15 is 0 Å². The predicted molar refractivity (Wildman–Crippen MR) is 46.0 cm³/mol. The van der Waals surface area contributed by atoms with Crippen LogP contribution in [0, 0.1) is 0 Å². The molecular formula is C9H15NO2. The Labute approximate surface area is 72.7 Å². The highest BCUT2D eigenvalue weighted by Gasteiger charge is 2.27. The second-order valence-electron chi connectivity index (χ2n) is 3.48. The van der Waals surface area contributed by atoms with Gasteiger partial charge in [0.05, 0.1) is 12.5 Å². The van der Waals surface area contributed by atoms with Crippen LogP contribution in [0.15, 0.2) is 0 Å². The van der Waals surface area contributed by atoms with Crippen LogP contribution in [0.25, 0.3) is 0 Å². The minimum atomic E-state index is -0.0275. The molecule has 0 N–H and O–H groups in total. The third-order valence-corrected chi connectivity index (χ3v) is 2.32. The number of ketones is 2. The molecule has 0 bridgehead atoms. The molecule has 3 nitrogen and oxygen atoms in total. The maximum atomic E-state index is 11.4. The lowest BCUT2D eigenvalue weighted by molar-refractivity contribution is -0.128. The Balaban J connectivity index is 2.46. The van der Waals surface area contributed by atoms with Gasteiger partial charge < -0.3 is 0 Å². The van der Waals surface area contributed by atoms with Crippen LogP contribution in [0.4, 0.5) is 0 Å². The summed E-state index contributed by atoms with van der Waals surface area (Å²) in [6.07, 6.45) is 2.10. The normalized spacial score (nSPS) is 24.3. The summed E-state index contributed by atoms with van der Waals surface area (Å²) in [6, 6.07) is 0.00824. The second kappa shape index (κ2) is 3.81. The standard InChI is InChI=1S/C9H15NO2/c1-7(11)6-9(12)8-4-3-5-10(8)2/h8H,3-6H2,1-2H3. The van der Waals surface area contributed by atoms with E-state index in [0.717, 1.165) is 19.4 Å². The van der Waals surface area contributed by atoms with E-state index < -0.39 is 0 Å². The van der Waals surface area contributed by atoms with Crippen LogP contribution in [0.3, 0.4) is 0 Å². The van der Waals surface area contributed by atoms with Crippen molar-refractivity contribution in [1.29, 1.82) is 0 Å². The summed E-state index contributed by atoms with van der Waals surface area (Å²) in [6.45, 7) is 2.45. The van der Waals surface area contributed by atoms with E-state index in [1.807, 2.05) is 11.9 Å². The number of rotatable bonds is 3. The van der Waals surface area contributed by atoms with Gasteiger partial charge in [-0.15, -0.1) is 0 Å². The molecule has 0 aromatic rings. The zero-order valence-electron chi connectivity index (χ0n) is 7.67. The first-order valence-corrected chi connectivity index (χ1v) is 4.33. The van der Waals surface area contributed by atoms with E-state index in [1.54, 1.807) is 0 Å². The van der Waals surface area contributed by atoms with Gasteiger partial charge in [0.15, 0.2) is 5.78 Å². The fourth-order valence-corrected chi connectivity index (χ4v) is 1.68. The molecule has 1 rings (SSSR count). The average Bonchev–Trinajstić information content (AvgIpc) is 2.33. The van der Waals surface area contributed by atoms with Crippen LogP contribution in [0.5, 0.6) is 0 Å². The van der Waals surface area contributed by atoms with E-state index in [9.17, 15) is 9.59 Å². The van der Waals surface area contributed by atoms with Gasteiger partial charge >= 0.3 is 0 Å². The molecule has 1 aliphatic rings. The van der Waals surface area contributed by atoms with Crippen LogP contribution in [-0.2, 0) is 9.59 Å². The van der Waals surface area contributed by atoms with E-state index in [4.69, 9.17) is 0 Å². The van der Waals surface area contributed by atoms with Crippen molar-refractivity contribution >= 4 is 11.6 Å². The summed E-state index contributed by atoms with van der Waals surface area (Å²) in [7, 11) is 1.94. The number of carbonyl (C=O) groups excluding carboxylic acids is 2. The molecule has 0 aromatic carbocycles. The molecule has 1 aliphatic heterocycles. The molecule has 1 saturated heterocycles. The lowest BCUT2D eigenvalue weighted by Crippen LogP contribution is -2.33. The fraction of sp³-hybridized carbons (Fsp3) is 0.778. The molecule has 0 saturated carbocycles. The topological polar surface area (TPSA) is 37.4 Å². The predicted octanol–water partition coefficient (Wildman–Crippen LogP) is 0.629. The lowest BCUT2D eigenvalue weighted by Gasteiger charge is -2.16. The van der Waals surface area contributed by atoms with Gasteiger partial charge in [-0.05, 0) is 33.4 Å². The van der Waals surface area contributed by atoms with Gasteiger partial charge in [0.25, 0.3) is 0 Å². The van der Waals surface area contributed by atoms with Crippen molar-refractivity contribution in [3.8, 4) is 0 Å². The highest BCUT2D eigenvalue weighted by atomic mass is 16.1. The summed E-state index contributed by atoms with van der Waals surface area (Å²) >= 11 is 0. The highest BCUT2D eigenvalue weighted by molar-refractivity contribution is 6.00. The average molecular weight is 169 g/mol. The molecule has 1 fully saturated rings. The van der Waals surface area contributed by atoms with E-state index in [0.29, 0.717) is 0 Å². The van der Waals surface area contributed by atoms with Crippen LogP contribution in [0.1, 0.15) is 26.2 Å². The molecule has 1 unspecified atom stereocenters. The van der Waals surface area contributed by atoms with Crippen molar-refractivity contribution in [1.82, 2.24) is 4.90 Å². The number of Topliss-reactive ketones (excluding diaryl/α,β-unsaturated/α-hetero) is 2. The van der Waals surface area contributed by atoms with Gasteiger partial charge in [0.2, 0.25) is 0 Å². The Morgan fingerprint density at radius 2 is 2.17 bits per heavy atom. The van der Waals surface area contributed by atoms with Crippen LogP contribution < -0.4 is 0 Å². The third kappa shape index (κ3) is 2.14. The van der Waals surface area contributed by atoms with Crippen molar-refractivity contribution in [3.05, 3.63) is 0 Å². The minimum Gasteiger partial charge on any atom is -0.300 e. The maximum absolute atomic E-state index is 11.4. The molecule has 12 heavy (non-hydrogen) atoms. The first kappa shape index (κ1) is 9.39. The maximum Gasteiger partial charge on any atom is 0.157 e. The molecular weight excluding hydrogens is 154 g/mol. The zero-order chi connectivity index (χ0) is 9.14. The first-order chi connectivity index (χ1) is 5.61. The highest BCUT2D eigenvalue weighted by Crippen LogP contribution is 2.16. The fourth-order valence-electron chi connectivity index (χ4n) is 1.68. The molecule has 0 amide bonds. The number of likely N-dealkylation sites (tertiary alicyclic amines) is 1. The molecule has 0 radical (unpaired) electrons. The quantitative estimate of drug-likeness (QED) is 0.581. The van der Waals surface area contributed by atoms with E-state index in [2.05, 4.69) is 0 Å². The van der Waals surface area contributed by atoms with E-state index in [-0.39, 0.29) is 24.0 Å². The summed E-state index contributed by atoms with van der Waals surface area (Å²) in [5.41, 5.74) is 0. The number of hydrogen-bond acceptors (Lipinski definition) is 3. The SMILES string of the molecule is CC(=O)CC(=O)C1CCCN1C. The van der Waals surface area contributed by atoms with E-state index in [1.165, 1.54) is 6.92 Å². The van der Waals surface area contributed by atoms with Crippen LogP contribution >= 0.6 is 0 Å². The summed E-state index contributed by atoms with van der Waals surface area (Å²) in [4.78, 5) is 24.1.